The second-order valence-electron chi connectivity index (χ2n) is 8.42. The minimum atomic E-state index is 0.172. The maximum Gasteiger partial charge on any atom is 0.194 e. The van der Waals surface area contributed by atoms with Crippen molar-refractivity contribution in [1.29, 1.82) is 0 Å². The van der Waals surface area contributed by atoms with E-state index in [-0.39, 0.29) is 5.54 Å². The van der Waals surface area contributed by atoms with Crippen LogP contribution in [-0.4, -0.2) is 61.1 Å². The van der Waals surface area contributed by atoms with Crippen molar-refractivity contribution in [3.63, 3.8) is 0 Å². The standard InChI is InChI=1S/C18H36N4/c1-15(13-21-10-8-7-9-11-21)12-20-16(19-6)22-14-17(2,3)18(22,4)5/h15H,7-14H2,1-6H3,(H,19,20). The van der Waals surface area contributed by atoms with Crippen LogP contribution in [0, 0.1) is 11.3 Å². The average molecular weight is 309 g/mol. The Morgan fingerprint density at radius 3 is 2.27 bits per heavy atom. The van der Waals surface area contributed by atoms with E-state index in [1.54, 1.807) is 0 Å². The second kappa shape index (κ2) is 6.77. The highest BCUT2D eigenvalue weighted by Crippen LogP contribution is 2.46. The molecule has 0 saturated carbocycles. The molecule has 128 valence electrons. The summed E-state index contributed by atoms with van der Waals surface area (Å²) in [5.74, 6) is 1.72. The molecule has 2 aliphatic heterocycles. The molecule has 0 radical (unpaired) electrons. The van der Waals surface area contributed by atoms with Gasteiger partial charge in [0.25, 0.3) is 0 Å². The molecule has 0 amide bonds. The molecule has 1 N–H and O–H groups in total. The van der Waals surface area contributed by atoms with E-state index in [0.29, 0.717) is 11.3 Å². The quantitative estimate of drug-likeness (QED) is 0.640. The lowest BCUT2D eigenvalue weighted by atomic mass is 9.65. The van der Waals surface area contributed by atoms with Crippen LogP contribution in [0.25, 0.3) is 0 Å². The Morgan fingerprint density at radius 2 is 1.77 bits per heavy atom. The first kappa shape index (κ1) is 17.6. The Bertz CT molecular complexity index is 394. The lowest BCUT2D eigenvalue weighted by molar-refractivity contribution is -0.0668. The third-order valence-corrected chi connectivity index (χ3v) is 5.98. The molecule has 1 atom stereocenters. The summed E-state index contributed by atoms with van der Waals surface area (Å²) < 4.78 is 0. The van der Waals surface area contributed by atoms with E-state index in [0.717, 1.165) is 19.0 Å². The van der Waals surface area contributed by atoms with Crippen LogP contribution in [0.15, 0.2) is 4.99 Å². The van der Waals surface area contributed by atoms with Gasteiger partial charge in [-0.25, -0.2) is 0 Å². The molecule has 4 heteroatoms. The zero-order chi connectivity index (χ0) is 16.4. The molecule has 0 aromatic rings. The number of nitrogens with one attached hydrogen (secondary N) is 1. The first-order chi connectivity index (χ1) is 10.3. The van der Waals surface area contributed by atoms with Crippen molar-refractivity contribution in [3.05, 3.63) is 0 Å². The third-order valence-electron chi connectivity index (χ3n) is 5.98. The predicted octanol–water partition coefficient (Wildman–Crippen LogP) is 2.80. The normalized spacial score (nSPS) is 26.5. The Hall–Kier alpha value is -0.770. The van der Waals surface area contributed by atoms with Gasteiger partial charge in [0.1, 0.15) is 0 Å². The summed E-state index contributed by atoms with van der Waals surface area (Å²) in [5.41, 5.74) is 0.523. The van der Waals surface area contributed by atoms with Crippen molar-refractivity contribution in [2.24, 2.45) is 16.3 Å². The van der Waals surface area contributed by atoms with Gasteiger partial charge in [0.15, 0.2) is 5.96 Å². The summed E-state index contributed by atoms with van der Waals surface area (Å²) in [5, 5.41) is 3.60. The average Bonchev–Trinajstić information content (AvgIpc) is 2.47. The van der Waals surface area contributed by atoms with Gasteiger partial charge in [-0.15, -0.1) is 0 Å². The summed E-state index contributed by atoms with van der Waals surface area (Å²) in [4.78, 5) is 9.55. The van der Waals surface area contributed by atoms with Gasteiger partial charge in [-0.3, -0.25) is 4.99 Å². The second-order valence-corrected chi connectivity index (χ2v) is 8.42. The van der Waals surface area contributed by atoms with Crippen molar-refractivity contribution >= 4 is 5.96 Å². The molecule has 0 aromatic carbocycles. The Morgan fingerprint density at radius 1 is 1.14 bits per heavy atom. The number of hydrogen-bond donors (Lipinski definition) is 1. The maximum atomic E-state index is 4.51. The number of hydrogen-bond acceptors (Lipinski definition) is 2. The van der Waals surface area contributed by atoms with Gasteiger partial charge in [-0.05, 0) is 45.7 Å². The molecule has 0 bridgehead atoms. The summed E-state index contributed by atoms with van der Waals surface area (Å²) in [6, 6.07) is 0. The monoisotopic (exact) mass is 308 g/mol. The molecular weight excluding hydrogens is 272 g/mol. The summed E-state index contributed by atoms with van der Waals surface area (Å²) in [6.45, 7) is 17.5. The Labute approximate surface area is 137 Å². The molecular formula is C18H36N4. The van der Waals surface area contributed by atoms with Crippen molar-refractivity contribution in [2.75, 3.05) is 39.8 Å². The number of rotatable bonds is 4. The Kier molecular flexibility index (Phi) is 5.41. The molecule has 0 spiro atoms. The third kappa shape index (κ3) is 3.58. The number of piperidine rings is 1. The number of nitrogens with zero attached hydrogens (tertiary/aromatic N) is 3. The number of aliphatic imine (C=N–C) groups is 1. The highest BCUT2D eigenvalue weighted by molar-refractivity contribution is 5.82. The van der Waals surface area contributed by atoms with Gasteiger partial charge in [-0.1, -0.05) is 27.2 Å². The fraction of sp³-hybridized carbons (Fsp3) is 0.944. The van der Waals surface area contributed by atoms with Crippen molar-refractivity contribution in [3.8, 4) is 0 Å². The van der Waals surface area contributed by atoms with Crippen molar-refractivity contribution in [1.82, 2.24) is 15.1 Å². The predicted molar refractivity (Wildman–Crippen MR) is 95.4 cm³/mol. The molecule has 0 aliphatic carbocycles. The minimum Gasteiger partial charge on any atom is -0.356 e. The van der Waals surface area contributed by atoms with E-state index in [1.807, 2.05) is 7.05 Å². The van der Waals surface area contributed by atoms with Gasteiger partial charge in [0.2, 0.25) is 0 Å². The first-order valence-corrected chi connectivity index (χ1v) is 8.98. The van der Waals surface area contributed by atoms with Crippen LogP contribution in [0.5, 0.6) is 0 Å². The minimum absolute atomic E-state index is 0.172. The van der Waals surface area contributed by atoms with Gasteiger partial charge in [-0.2, -0.15) is 0 Å². The maximum absolute atomic E-state index is 4.51. The lowest BCUT2D eigenvalue weighted by Gasteiger charge is -2.62. The molecule has 4 nitrogen and oxygen atoms in total. The van der Waals surface area contributed by atoms with E-state index in [1.165, 1.54) is 38.9 Å². The van der Waals surface area contributed by atoms with Crippen molar-refractivity contribution < 1.29 is 0 Å². The molecule has 2 saturated heterocycles. The summed E-state index contributed by atoms with van der Waals surface area (Å²) >= 11 is 0. The van der Waals surface area contributed by atoms with Gasteiger partial charge >= 0.3 is 0 Å². The topological polar surface area (TPSA) is 30.9 Å². The largest absolute Gasteiger partial charge is 0.356 e. The number of likely N-dealkylation sites (tertiary alicyclic amines) is 2. The van der Waals surface area contributed by atoms with Crippen LogP contribution in [0.4, 0.5) is 0 Å². The summed E-state index contributed by atoms with van der Waals surface area (Å²) in [6.07, 6.45) is 4.16. The fourth-order valence-corrected chi connectivity index (χ4v) is 3.61. The van der Waals surface area contributed by atoms with Crippen LogP contribution in [0.2, 0.25) is 0 Å². The van der Waals surface area contributed by atoms with E-state index in [9.17, 15) is 0 Å². The van der Waals surface area contributed by atoms with E-state index in [2.05, 4.69) is 54.7 Å². The van der Waals surface area contributed by atoms with Gasteiger partial charge in [0, 0.05) is 37.6 Å². The van der Waals surface area contributed by atoms with Gasteiger partial charge in [0.05, 0.1) is 0 Å². The summed E-state index contributed by atoms with van der Waals surface area (Å²) in [7, 11) is 1.90. The zero-order valence-electron chi connectivity index (χ0n) is 15.6. The van der Waals surface area contributed by atoms with Crippen LogP contribution in [0.1, 0.15) is 53.9 Å². The highest BCUT2D eigenvalue weighted by atomic mass is 15.4. The fourth-order valence-electron chi connectivity index (χ4n) is 3.61. The lowest BCUT2D eigenvalue weighted by Crippen LogP contribution is -2.72. The first-order valence-electron chi connectivity index (χ1n) is 8.98. The van der Waals surface area contributed by atoms with Crippen LogP contribution >= 0.6 is 0 Å². The van der Waals surface area contributed by atoms with E-state index >= 15 is 0 Å². The molecule has 1 unspecified atom stereocenters. The van der Waals surface area contributed by atoms with Crippen molar-refractivity contribution in [2.45, 2.75) is 59.4 Å². The van der Waals surface area contributed by atoms with Crippen LogP contribution in [0.3, 0.4) is 0 Å². The molecule has 2 heterocycles. The molecule has 2 aliphatic rings. The zero-order valence-corrected chi connectivity index (χ0v) is 15.6. The van der Waals surface area contributed by atoms with E-state index in [4.69, 9.17) is 0 Å². The molecule has 0 aromatic heterocycles. The SMILES string of the molecule is CN=C(NCC(C)CN1CCCCC1)N1CC(C)(C)C1(C)C. The van der Waals surface area contributed by atoms with E-state index < -0.39 is 0 Å². The van der Waals surface area contributed by atoms with Crippen LogP contribution in [-0.2, 0) is 0 Å². The van der Waals surface area contributed by atoms with Gasteiger partial charge < -0.3 is 15.1 Å². The highest BCUT2D eigenvalue weighted by Gasteiger charge is 2.53. The molecule has 22 heavy (non-hydrogen) atoms. The van der Waals surface area contributed by atoms with Crippen LogP contribution < -0.4 is 5.32 Å². The number of guanidine groups is 1. The molecule has 2 rings (SSSR count). The molecule has 2 fully saturated rings. The Balaban J connectivity index is 1.79. The smallest absolute Gasteiger partial charge is 0.194 e.